The number of methoxy groups -OCH3 is 2. The molecule has 0 spiro atoms. The largest absolute Gasteiger partial charge is 0.493 e. The zero-order valence-corrected chi connectivity index (χ0v) is 21.6. The minimum Gasteiger partial charge on any atom is -0.493 e. The molecule has 0 saturated carbocycles. The highest BCUT2D eigenvalue weighted by Crippen LogP contribution is 2.30. The summed E-state index contributed by atoms with van der Waals surface area (Å²) < 4.78 is 41.0. The van der Waals surface area contributed by atoms with Crippen LogP contribution in [-0.2, 0) is 26.6 Å². The van der Waals surface area contributed by atoms with Gasteiger partial charge in [-0.2, -0.15) is 0 Å². The molecule has 2 aromatic rings. The number of carbonyl (C=O) groups is 1. The number of nitrogens with zero attached hydrogens (tertiary/aromatic N) is 1. The predicted molar refractivity (Wildman–Crippen MR) is 132 cm³/mol. The molecule has 34 heavy (non-hydrogen) atoms. The Morgan fingerprint density at radius 3 is 2.24 bits per heavy atom. The summed E-state index contributed by atoms with van der Waals surface area (Å²) in [5, 5.41) is 0. The minimum absolute atomic E-state index is 0.0180. The van der Waals surface area contributed by atoms with Gasteiger partial charge in [0.1, 0.15) is 5.75 Å². The second kappa shape index (κ2) is 10.3. The zero-order valence-electron chi connectivity index (χ0n) is 20.8. The average Bonchev–Trinajstić information content (AvgIpc) is 3.15. The highest BCUT2D eigenvalue weighted by Gasteiger charge is 2.36. The van der Waals surface area contributed by atoms with Crippen LogP contribution in [0.5, 0.6) is 17.2 Å². The molecule has 1 aliphatic rings. The van der Waals surface area contributed by atoms with E-state index in [1.165, 1.54) is 5.56 Å². The van der Waals surface area contributed by atoms with Crippen molar-refractivity contribution in [2.24, 2.45) is 0 Å². The molecule has 1 saturated heterocycles. The highest BCUT2D eigenvalue weighted by atomic mass is 32.2. The maximum absolute atomic E-state index is 13.5. The van der Waals surface area contributed by atoms with Gasteiger partial charge in [-0.25, -0.2) is 8.42 Å². The Bertz CT molecular complexity index is 1110. The van der Waals surface area contributed by atoms with E-state index >= 15 is 0 Å². The number of carbonyl (C=O) groups excluding carboxylic acids is 1. The van der Waals surface area contributed by atoms with E-state index in [1.807, 2.05) is 30.3 Å². The predicted octanol–water partition coefficient (Wildman–Crippen LogP) is 3.98. The van der Waals surface area contributed by atoms with Gasteiger partial charge < -0.3 is 19.1 Å². The monoisotopic (exact) mass is 489 g/mol. The molecular weight excluding hydrogens is 454 g/mol. The quantitative estimate of drug-likeness (QED) is 0.558. The molecule has 0 bridgehead atoms. The normalized spacial score (nSPS) is 18.2. The van der Waals surface area contributed by atoms with Crippen LogP contribution in [0, 0.1) is 0 Å². The van der Waals surface area contributed by atoms with Gasteiger partial charge in [-0.3, -0.25) is 4.79 Å². The van der Waals surface area contributed by atoms with Crippen LogP contribution < -0.4 is 14.2 Å². The van der Waals surface area contributed by atoms with Crippen molar-refractivity contribution in [1.82, 2.24) is 4.90 Å². The third-order valence-electron chi connectivity index (χ3n) is 6.11. The van der Waals surface area contributed by atoms with Crippen molar-refractivity contribution in [2.75, 3.05) is 25.7 Å². The zero-order chi connectivity index (χ0) is 25.1. The second-order valence-corrected chi connectivity index (χ2v) is 12.0. The van der Waals surface area contributed by atoms with Gasteiger partial charge in [-0.05, 0) is 54.2 Å². The molecule has 1 amide bonds. The van der Waals surface area contributed by atoms with E-state index in [4.69, 9.17) is 14.2 Å². The van der Waals surface area contributed by atoms with E-state index in [2.05, 4.69) is 20.8 Å². The molecule has 1 aliphatic heterocycles. The van der Waals surface area contributed by atoms with Gasteiger partial charge in [-0.15, -0.1) is 0 Å². The Morgan fingerprint density at radius 2 is 1.71 bits per heavy atom. The molecule has 0 aliphatic carbocycles. The summed E-state index contributed by atoms with van der Waals surface area (Å²) in [7, 11) is -0.0627. The van der Waals surface area contributed by atoms with Crippen LogP contribution in [-0.4, -0.2) is 57.1 Å². The SMILES string of the molecule is COc1ccc(CN(C(=O)C(C)Oc2ccc(C(C)(C)C)cc2)C2CCS(=O)(=O)C2)cc1OC. The smallest absolute Gasteiger partial charge is 0.263 e. The third-order valence-corrected chi connectivity index (χ3v) is 7.86. The molecule has 3 rings (SSSR count). The summed E-state index contributed by atoms with van der Waals surface area (Å²) in [5.74, 6) is 1.52. The van der Waals surface area contributed by atoms with Gasteiger partial charge in [-0.1, -0.05) is 39.0 Å². The maximum atomic E-state index is 13.5. The number of ether oxygens (including phenoxy) is 3. The molecule has 2 aromatic carbocycles. The average molecular weight is 490 g/mol. The molecule has 0 N–H and O–H groups in total. The van der Waals surface area contributed by atoms with Gasteiger partial charge in [0.05, 0.1) is 25.7 Å². The van der Waals surface area contributed by atoms with Gasteiger partial charge in [0, 0.05) is 12.6 Å². The lowest BCUT2D eigenvalue weighted by molar-refractivity contribution is -0.140. The van der Waals surface area contributed by atoms with Crippen LogP contribution in [0.3, 0.4) is 0 Å². The first-order valence-corrected chi connectivity index (χ1v) is 13.2. The van der Waals surface area contributed by atoms with Gasteiger partial charge in [0.25, 0.3) is 5.91 Å². The topological polar surface area (TPSA) is 82.1 Å². The van der Waals surface area contributed by atoms with Crippen LogP contribution in [0.2, 0.25) is 0 Å². The first kappa shape index (κ1) is 25.9. The molecule has 186 valence electrons. The number of amides is 1. The molecule has 0 aromatic heterocycles. The van der Waals surface area contributed by atoms with E-state index in [0.29, 0.717) is 23.7 Å². The van der Waals surface area contributed by atoms with E-state index in [1.54, 1.807) is 38.2 Å². The fourth-order valence-electron chi connectivity index (χ4n) is 4.11. The van der Waals surface area contributed by atoms with Crippen LogP contribution in [0.1, 0.15) is 45.2 Å². The maximum Gasteiger partial charge on any atom is 0.263 e. The van der Waals surface area contributed by atoms with Gasteiger partial charge >= 0.3 is 0 Å². The first-order valence-electron chi connectivity index (χ1n) is 11.4. The minimum atomic E-state index is -3.17. The summed E-state index contributed by atoms with van der Waals surface area (Å²) in [4.78, 5) is 15.1. The Morgan fingerprint density at radius 1 is 1.06 bits per heavy atom. The lowest BCUT2D eigenvalue weighted by Gasteiger charge is -2.31. The fraction of sp³-hybridized carbons (Fsp3) is 0.500. The molecule has 2 unspecified atom stereocenters. The lowest BCUT2D eigenvalue weighted by Crippen LogP contribution is -2.46. The number of hydrogen-bond acceptors (Lipinski definition) is 6. The van der Waals surface area contributed by atoms with E-state index < -0.39 is 22.0 Å². The summed E-state index contributed by atoms with van der Waals surface area (Å²) in [6, 6.07) is 12.8. The molecule has 0 radical (unpaired) electrons. The number of sulfone groups is 1. The number of benzene rings is 2. The van der Waals surface area contributed by atoms with Crippen molar-refractivity contribution >= 4 is 15.7 Å². The van der Waals surface area contributed by atoms with Crippen molar-refractivity contribution in [3.8, 4) is 17.2 Å². The van der Waals surface area contributed by atoms with Gasteiger partial charge in [0.15, 0.2) is 27.4 Å². The van der Waals surface area contributed by atoms with Crippen molar-refractivity contribution in [1.29, 1.82) is 0 Å². The summed E-state index contributed by atoms with van der Waals surface area (Å²) in [6.07, 6.45) is -0.363. The Hall–Kier alpha value is -2.74. The molecule has 8 heteroatoms. The molecule has 2 atom stereocenters. The number of rotatable bonds is 8. The van der Waals surface area contributed by atoms with Crippen molar-refractivity contribution in [2.45, 2.75) is 58.2 Å². The third kappa shape index (κ3) is 6.23. The Balaban J connectivity index is 1.82. The number of hydrogen-bond donors (Lipinski definition) is 0. The van der Waals surface area contributed by atoms with E-state index in [-0.39, 0.29) is 29.4 Å². The lowest BCUT2D eigenvalue weighted by atomic mass is 9.87. The molecule has 1 fully saturated rings. The fourth-order valence-corrected chi connectivity index (χ4v) is 5.84. The Labute approximate surface area is 202 Å². The summed E-state index contributed by atoms with van der Waals surface area (Å²) in [6.45, 7) is 8.35. The highest BCUT2D eigenvalue weighted by molar-refractivity contribution is 7.91. The van der Waals surface area contributed by atoms with Crippen LogP contribution in [0.15, 0.2) is 42.5 Å². The molecule has 1 heterocycles. The van der Waals surface area contributed by atoms with Gasteiger partial charge in [0.2, 0.25) is 0 Å². The molecular formula is C26H35NO6S. The van der Waals surface area contributed by atoms with E-state index in [0.717, 1.165) is 5.56 Å². The van der Waals surface area contributed by atoms with Crippen LogP contribution >= 0.6 is 0 Å². The first-order chi connectivity index (χ1) is 15.9. The molecule has 7 nitrogen and oxygen atoms in total. The summed E-state index contributed by atoms with van der Waals surface area (Å²) in [5.41, 5.74) is 2.01. The van der Waals surface area contributed by atoms with Crippen molar-refractivity contribution < 1.29 is 27.4 Å². The van der Waals surface area contributed by atoms with Crippen molar-refractivity contribution in [3.05, 3.63) is 53.6 Å². The van der Waals surface area contributed by atoms with E-state index in [9.17, 15) is 13.2 Å². The van der Waals surface area contributed by atoms with Crippen molar-refractivity contribution in [3.63, 3.8) is 0 Å². The Kier molecular flexibility index (Phi) is 7.81. The van der Waals surface area contributed by atoms with Crippen LogP contribution in [0.4, 0.5) is 0 Å². The second-order valence-electron chi connectivity index (χ2n) is 9.75. The van der Waals surface area contributed by atoms with Crippen LogP contribution in [0.25, 0.3) is 0 Å². The standard InChI is InChI=1S/C26H35NO6S/c1-18(33-22-10-8-20(9-11-22)26(2,3)4)25(28)27(21-13-14-34(29,30)17-21)16-19-7-12-23(31-5)24(15-19)32-6/h7-12,15,18,21H,13-14,16-17H2,1-6H3. The summed E-state index contributed by atoms with van der Waals surface area (Å²) >= 11 is 0.